The van der Waals surface area contributed by atoms with Crippen LogP contribution >= 0.6 is 0 Å². The fourth-order valence-corrected chi connectivity index (χ4v) is 3.31. The zero-order valence-corrected chi connectivity index (χ0v) is 13.0. The van der Waals surface area contributed by atoms with Crippen molar-refractivity contribution in [1.29, 1.82) is 0 Å². The molecule has 4 rings (SSSR count). The molecule has 3 aromatic rings. The molecule has 0 aromatic carbocycles. The van der Waals surface area contributed by atoms with Crippen LogP contribution in [0.25, 0.3) is 11.2 Å². The van der Waals surface area contributed by atoms with Crippen molar-refractivity contribution in [2.75, 3.05) is 13.1 Å². The van der Waals surface area contributed by atoms with E-state index in [-0.39, 0.29) is 11.8 Å². The molecule has 1 fully saturated rings. The van der Waals surface area contributed by atoms with Crippen LogP contribution in [-0.2, 0) is 6.54 Å². The van der Waals surface area contributed by atoms with Gasteiger partial charge in [-0.2, -0.15) is 0 Å². The van der Waals surface area contributed by atoms with Crippen molar-refractivity contribution in [1.82, 2.24) is 19.4 Å². The van der Waals surface area contributed by atoms with Gasteiger partial charge in [-0.25, -0.2) is 9.97 Å². The Kier molecular flexibility index (Phi) is 3.37. The lowest BCUT2D eigenvalue weighted by atomic mass is 10.1. The Morgan fingerprint density at radius 2 is 2.30 bits per heavy atom. The van der Waals surface area contributed by atoms with Crippen molar-refractivity contribution in [3.05, 3.63) is 48.3 Å². The quantitative estimate of drug-likeness (QED) is 0.746. The SMILES string of the molecule is CCn1c([C@@H]2CCN(C(=O)c3ccco3)C2)nc2cccnc21. The highest BCUT2D eigenvalue weighted by atomic mass is 16.3. The minimum atomic E-state index is -0.0465. The maximum absolute atomic E-state index is 12.4. The van der Waals surface area contributed by atoms with Crippen molar-refractivity contribution in [3.63, 3.8) is 0 Å². The first kappa shape index (κ1) is 14.0. The van der Waals surface area contributed by atoms with E-state index in [2.05, 4.69) is 16.5 Å². The number of hydrogen-bond acceptors (Lipinski definition) is 4. The van der Waals surface area contributed by atoms with Crippen molar-refractivity contribution in [2.24, 2.45) is 0 Å². The third kappa shape index (κ3) is 2.30. The monoisotopic (exact) mass is 310 g/mol. The first-order chi connectivity index (χ1) is 11.3. The summed E-state index contributed by atoms with van der Waals surface area (Å²) >= 11 is 0. The Balaban J connectivity index is 1.61. The molecule has 23 heavy (non-hydrogen) atoms. The number of pyridine rings is 1. The van der Waals surface area contributed by atoms with Gasteiger partial charge in [-0.1, -0.05) is 0 Å². The molecule has 3 aromatic heterocycles. The highest BCUT2D eigenvalue weighted by molar-refractivity contribution is 5.91. The first-order valence-electron chi connectivity index (χ1n) is 7.92. The maximum Gasteiger partial charge on any atom is 0.289 e. The lowest BCUT2D eigenvalue weighted by Gasteiger charge is -2.15. The zero-order chi connectivity index (χ0) is 15.8. The molecule has 0 aliphatic carbocycles. The van der Waals surface area contributed by atoms with Gasteiger partial charge >= 0.3 is 0 Å². The van der Waals surface area contributed by atoms with Crippen LogP contribution in [-0.4, -0.2) is 38.4 Å². The van der Waals surface area contributed by atoms with Gasteiger partial charge in [0.05, 0.1) is 6.26 Å². The van der Waals surface area contributed by atoms with Gasteiger partial charge in [-0.05, 0) is 37.6 Å². The molecular weight excluding hydrogens is 292 g/mol. The van der Waals surface area contributed by atoms with Crippen molar-refractivity contribution < 1.29 is 9.21 Å². The van der Waals surface area contributed by atoms with E-state index in [0.29, 0.717) is 12.3 Å². The number of rotatable bonds is 3. The number of aryl methyl sites for hydroxylation is 1. The van der Waals surface area contributed by atoms with Crippen molar-refractivity contribution >= 4 is 17.1 Å². The number of furan rings is 1. The van der Waals surface area contributed by atoms with Crippen LogP contribution in [0, 0.1) is 0 Å². The average Bonchev–Trinajstić information content (AvgIpc) is 3.31. The second-order valence-electron chi connectivity index (χ2n) is 5.77. The zero-order valence-electron chi connectivity index (χ0n) is 13.0. The summed E-state index contributed by atoms with van der Waals surface area (Å²) in [6, 6.07) is 7.34. The van der Waals surface area contributed by atoms with E-state index in [1.807, 2.05) is 17.0 Å². The van der Waals surface area contributed by atoms with E-state index in [9.17, 15) is 4.79 Å². The Labute approximate surface area is 133 Å². The van der Waals surface area contributed by atoms with Crippen LogP contribution in [0.5, 0.6) is 0 Å². The normalized spacial score (nSPS) is 18.0. The lowest BCUT2D eigenvalue weighted by molar-refractivity contribution is 0.0759. The topological polar surface area (TPSA) is 64.2 Å². The van der Waals surface area contributed by atoms with Crippen LogP contribution in [0.15, 0.2) is 41.1 Å². The standard InChI is InChI=1S/C17H18N4O2/c1-2-21-15(19-13-5-3-8-18-16(13)21)12-7-9-20(11-12)17(22)14-6-4-10-23-14/h3-6,8,10,12H,2,7,9,11H2,1H3/t12-/m1/s1. The summed E-state index contributed by atoms with van der Waals surface area (Å²) in [5.41, 5.74) is 1.83. The number of imidazole rings is 1. The first-order valence-corrected chi connectivity index (χ1v) is 7.92. The molecular formula is C17H18N4O2. The Morgan fingerprint density at radius 1 is 1.39 bits per heavy atom. The molecule has 0 N–H and O–H groups in total. The molecule has 0 saturated carbocycles. The van der Waals surface area contributed by atoms with Gasteiger partial charge in [0.25, 0.3) is 5.91 Å². The molecule has 6 nitrogen and oxygen atoms in total. The molecule has 1 saturated heterocycles. The van der Waals surface area contributed by atoms with E-state index >= 15 is 0 Å². The molecule has 118 valence electrons. The van der Waals surface area contributed by atoms with E-state index in [0.717, 1.165) is 36.5 Å². The van der Waals surface area contributed by atoms with E-state index < -0.39 is 0 Å². The number of amides is 1. The Hall–Kier alpha value is -2.63. The third-order valence-corrected chi connectivity index (χ3v) is 4.42. The summed E-state index contributed by atoms with van der Waals surface area (Å²) in [6.07, 6.45) is 4.24. The molecule has 4 heterocycles. The fourth-order valence-electron chi connectivity index (χ4n) is 3.31. The van der Waals surface area contributed by atoms with Gasteiger partial charge in [0.2, 0.25) is 0 Å². The second kappa shape index (κ2) is 5.53. The van der Waals surface area contributed by atoms with E-state index in [1.54, 1.807) is 18.3 Å². The van der Waals surface area contributed by atoms with Crippen LogP contribution in [0.4, 0.5) is 0 Å². The van der Waals surface area contributed by atoms with Gasteiger partial charge in [0.15, 0.2) is 11.4 Å². The molecule has 0 bridgehead atoms. The molecule has 0 radical (unpaired) electrons. The number of carbonyl (C=O) groups excluding carboxylic acids is 1. The molecule has 6 heteroatoms. The number of carbonyl (C=O) groups is 1. The van der Waals surface area contributed by atoms with Gasteiger partial charge in [0, 0.05) is 31.7 Å². The van der Waals surface area contributed by atoms with Gasteiger partial charge < -0.3 is 13.9 Å². The smallest absolute Gasteiger partial charge is 0.289 e. The molecule has 1 aliphatic rings. The molecule has 1 atom stereocenters. The number of nitrogens with zero attached hydrogens (tertiary/aromatic N) is 4. The molecule has 0 spiro atoms. The highest BCUT2D eigenvalue weighted by Crippen LogP contribution is 2.29. The summed E-state index contributed by atoms with van der Waals surface area (Å²) in [6.45, 7) is 4.32. The molecule has 0 unspecified atom stereocenters. The average molecular weight is 310 g/mol. The van der Waals surface area contributed by atoms with Gasteiger partial charge in [-0.15, -0.1) is 0 Å². The van der Waals surface area contributed by atoms with Crippen LogP contribution < -0.4 is 0 Å². The number of fused-ring (bicyclic) bond motifs is 1. The minimum Gasteiger partial charge on any atom is -0.459 e. The molecule has 1 aliphatic heterocycles. The minimum absolute atomic E-state index is 0.0465. The summed E-state index contributed by atoms with van der Waals surface area (Å²) in [5.74, 6) is 1.62. The number of aromatic nitrogens is 3. The number of likely N-dealkylation sites (tertiary alicyclic amines) is 1. The van der Waals surface area contributed by atoms with Crippen molar-refractivity contribution in [2.45, 2.75) is 25.8 Å². The fraction of sp³-hybridized carbons (Fsp3) is 0.353. The largest absolute Gasteiger partial charge is 0.459 e. The van der Waals surface area contributed by atoms with Crippen LogP contribution in [0.1, 0.15) is 35.6 Å². The highest BCUT2D eigenvalue weighted by Gasteiger charge is 2.32. The third-order valence-electron chi connectivity index (χ3n) is 4.42. The predicted octanol–water partition coefficient (Wildman–Crippen LogP) is 2.67. The van der Waals surface area contributed by atoms with Crippen molar-refractivity contribution in [3.8, 4) is 0 Å². The van der Waals surface area contributed by atoms with E-state index in [4.69, 9.17) is 9.40 Å². The van der Waals surface area contributed by atoms with Crippen LogP contribution in [0.3, 0.4) is 0 Å². The van der Waals surface area contributed by atoms with Gasteiger partial charge in [-0.3, -0.25) is 4.79 Å². The predicted molar refractivity (Wildman–Crippen MR) is 85.2 cm³/mol. The summed E-state index contributed by atoms with van der Waals surface area (Å²) in [4.78, 5) is 23.5. The maximum atomic E-state index is 12.4. The Morgan fingerprint density at radius 3 is 3.09 bits per heavy atom. The molecule has 1 amide bonds. The second-order valence-corrected chi connectivity index (χ2v) is 5.77. The Bertz CT molecular complexity index is 838. The van der Waals surface area contributed by atoms with Crippen LogP contribution in [0.2, 0.25) is 0 Å². The number of hydrogen-bond donors (Lipinski definition) is 0. The van der Waals surface area contributed by atoms with Gasteiger partial charge in [0.1, 0.15) is 11.3 Å². The summed E-state index contributed by atoms with van der Waals surface area (Å²) in [7, 11) is 0. The summed E-state index contributed by atoms with van der Waals surface area (Å²) < 4.78 is 7.37. The summed E-state index contributed by atoms with van der Waals surface area (Å²) in [5, 5.41) is 0. The lowest BCUT2D eigenvalue weighted by Crippen LogP contribution is -2.28. The van der Waals surface area contributed by atoms with E-state index in [1.165, 1.54) is 6.26 Å².